The fourth-order valence-electron chi connectivity index (χ4n) is 4.18. The van der Waals surface area contributed by atoms with Gasteiger partial charge in [-0.25, -0.2) is 0 Å². The van der Waals surface area contributed by atoms with Gasteiger partial charge < -0.3 is 9.64 Å². The standard InChI is InChI=1S/C27H22F3N3O2/c1-32-15-22(13-31-32)20-9-5-18(6-10-20)14-33-16-21-3-2-4-24(25(21)26(33)34)35-17-19-7-11-23(12-8-19)27(28,29)30/h2-13,15H,14,16-17H2,1H3. The largest absolute Gasteiger partial charge is 0.488 e. The lowest BCUT2D eigenvalue weighted by Crippen LogP contribution is -2.23. The van der Waals surface area contributed by atoms with Crippen LogP contribution < -0.4 is 4.74 Å². The van der Waals surface area contributed by atoms with Crippen molar-refractivity contribution in [3.05, 3.63) is 107 Å². The molecule has 0 atom stereocenters. The molecule has 8 heteroatoms. The highest BCUT2D eigenvalue weighted by Crippen LogP contribution is 2.33. The Hall–Kier alpha value is -4.07. The van der Waals surface area contributed by atoms with Gasteiger partial charge in [0.1, 0.15) is 12.4 Å². The van der Waals surface area contributed by atoms with E-state index in [4.69, 9.17) is 4.74 Å². The lowest BCUT2D eigenvalue weighted by molar-refractivity contribution is -0.137. The third kappa shape index (κ3) is 4.77. The lowest BCUT2D eigenvalue weighted by atomic mass is 10.1. The van der Waals surface area contributed by atoms with Gasteiger partial charge in [0.2, 0.25) is 0 Å². The predicted molar refractivity (Wildman–Crippen MR) is 124 cm³/mol. The molecule has 0 saturated heterocycles. The molecule has 0 fully saturated rings. The number of hydrogen-bond donors (Lipinski definition) is 0. The Bertz CT molecular complexity index is 1360. The smallest absolute Gasteiger partial charge is 0.416 e. The van der Waals surface area contributed by atoms with Crippen LogP contribution >= 0.6 is 0 Å². The normalized spacial score (nSPS) is 13.3. The lowest BCUT2D eigenvalue weighted by Gasteiger charge is -2.16. The van der Waals surface area contributed by atoms with Gasteiger partial charge in [0.15, 0.2) is 0 Å². The zero-order chi connectivity index (χ0) is 24.6. The molecule has 2 heterocycles. The van der Waals surface area contributed by atoms with Crippen LogP contribution in [0, 0.1) is 0 Å². The van der Waals surface area contributed by atoms with E-state index in [-0.39, 0.29) is 12.5 Å². The van der Waals surface area contributed by atoms with Gasteiger partial charge in [-0.15, -0.1) is 0 Å². The summed E-state index contributed by atoms with van der Waals surface area (Å²) in [7, 11) is 1.87. The van der Waals surface area contributed by atoms with Crippen LogP contribution in [0.3, 0.4) is 0 Å². The first-order valence-electron chi connectivity index (χ1n) is 11.1. The van der Waals surface area contributed by atoms with Crippen molar-refractivity contribution >= 4 is 5.91 Å². The molecule has 5 nitrogen and oxygen atoms in total. The van der Waals surface area contributed by atoms with Gasteiger partial charge in [0.05, 0.1) is 17.3 Å². The Morgan fingerprint density at radius 2 is 1.66 bits per heavy atom. The topological polar surface area (TPSA) is 47.4 Å². The number of fused-ring (bicyclic) bond motifs is 1. The highest BCUT2D eigenvalue weighted by molar-refractivity contribution is 6.01. The Balaban J connectivity index is 1.26. The van der Waals surface area contributed by atoms with Crippen molar-refractivity contribution in [1.29, 1.82) is 0 Å². The van der Waals surface area contributed by atoms with Crippen LogP contribution in [0.25, 0.3) is 11.1 Å². The fraction of sp³-hybridized carbons (Fsp3) is 0.185. The van der Waals surface area contributed by atoms with E-state index in [0.717, 1.165) is 34.4 Å². The quantitative estimate of drug-likeness (QED) is 0.351. The second-order valence-electron chi connectivity index (χ2n) is 8.53. The summed E-state index contributed by atoms with van der Waals surface area (Å²) in [4.78, 5) is 14.9. The first kappa shape index (κ1) is 22.7. The Morgan fingerprint density at radius 1 is 0.943 bits per heavy atom. The van der Waals surface area contributed by atoms with Crippen molar-refractivity contribution in [1.82, 2.24) is 14.7 Å². The number of rotatable bonds is 6. The average Bonchev–Trinajstić information content (AvgIpc) is 3.41. The van der Waals surface area contributed by atoms with Gasteiger partial charge in [-0.1, -0.05) is 48.5 Å². The zero-order valence-corrected chi connectivity index (χ0v) is 18.9. The molecule has 0 aliphatic carbocycles. The summed E-state index contributed by atoms with van der Waals surface area (Å²) in [5.41, 5.74) is 4.34. The summed E-state index contributed by atoms with van der Waals surface area (Å²) in [6.45, 7) is 0.993. The molecule has 5 rings (SSSR count). The minimum Gasteiger partial charge on any atom is -0.488 e. The SMILES string of the molecule is Cn1cc(-c2ccc(CN3Cc4cccc(OCc5ccc(C(F)(F)F)cc5)c4C3=O)cc2)cn1. The van der Waals surface area contributed by atoms with Crippen LogP contribution in [-0.2, 0) is 32.9 Å². The first-order chi connectivity index (χ1) is 16.8. The summed E-state index contributed by atoms with van der Waals surface area (Å²) in [6, 6.07) is 18.3. The third-order valence-electron chi connectivity index (χ3n) is 6.02. The molecule has 0 spiro atoms. The predicted octanol–water partition coefficient (Wildman–Crippen LogP) is 5.84. The van der Waals surface area contributed by atoms with Gasteiger partial charge in [-0.3, -0.25) is 9.48 Å². The van der Waals surface area contributed by atoms with Crippen LogP contribution in [0.4, 0.5) is 13.2 Å². The van der Waals surface area contributed by atoms with E-state index in [1.165, 1.54) is 12.1 Å². The number of aromatic nitrogens is 2. The molecule has 1 aromatic heterocycles. The van der Waals surface area contributed by atoms with Crippen LogP contribution in [0.2, 0.25) is 0 Å². The Morgan fingerprint density at radius 3 is 2.31 bits per heavy atom. The Labute approximate surface area is 200 Å². The van der Waals surface area contributed by atoms with Crippen LogP contribution in [-0.4, -0.2) is 20.6 Å². The number of alkyl halides is 3. The molecule has 0 unspecified atom stereocenters. The molecule has 178 valence electrons. The van der Waals surface area contributed by atoms with E-state index in [1.807, 2.05) is 55.8 Å². The van der Waals surface area contributed by atoms with Gasteiger partial charge in [0.25, 0.3) is 5.91 Å². The van der Waals surface area contributed by atoms with E-state index >= 15 is 0 Å². The summed E-state index contributed by atoms with van der Waals surface area (Å²) in [5.74, 6) is 0.307. The van der Waals surface area contributed by atoms with E-state index in [2.05, 4.69) is 5.10 Å². The van der Waals surface area contributed by atoms with Crippen molar-refractivity contribution in [2.45, 2.75) is 25.9 Å². The molecule has 35 heavy (non-hydrogen) atoms. The van der Waals surface area contributed by atoms with E-state index in [0.29, 0.717) is 30.0 Å². The highest BCUT2D eigenvalue weighted by Gasteiger charge is 2.31. The average molecular weight is 477 g/mol. The summed E-state index contributed by atoms with van der Waals surface area (Å²) in [5, 5.41) is 4.19. The molecule has 0 bridgehead atoms. The van der Waals surface area contributed by atoms with Crippen LogP contribution in [0.5, 0.6) is 5.75 Å². The second kappa shape index (κ2) is 8.94. The molecule has 0 N–H and O–H groups in total. The molecule has 1 amide bonds. The van der Waals surface area contributed by atoms with Crippen molar-refractivity contribution < 1.29 is 22.7 Å². The van der Waals surface area contributed by atoms with Gasteiger partial charge >= 0.3 is 6.18 Å². The molecule has 0 saturated carbocycles. The monoisotopic (exact) mass is 477 g/mol. The fourth-order valence-corrected chi connectivity index (χ4v) is 4.18. The van der Waals surface area contributed by atoms with Crippen LogP contribution in [0.1, 0.15) is 32.6 Å². The third-order valence-corrected chi connectivity index (χ3v) is 6.02. The molecule has 3 aromatic carbocycles. The molecular formula is C27H22F3N3O2. The molecule has 4 aromatic rings. The summed E-state index contributed by atoms with van der Waals surface area (Å²) < 4.78 is 45.9. The molecular weight excluding hydrogens is 455 g/mol. The van der Waals surface area contributed by atoms with Crippen LogP contribution in [0.15, 0.2) is 79.1 Å². The number of benzene rings is 3. The van der Waals surface area contributed by atoms with Gasteiger partial charge in [-0.2, -0.15) is 18.3 Å². The number of hydrogen-bond acceptors (Lipinski definition) is 3. The highest BCUT2D eigenvalue weighted by atomic mass is 19.4. The second-order valence-corrected chi connectivity index (χ2v) is 8.53. The summed E-state index contributed by atoms with van der Waals surface area (Å²) in [6.07, 6.45) is -0.627. The number of ether oxygens (including phenoxy) is 1. The maximum absolute atomic E-state index is 13.2. The minimum atomic E-state index is -4.38. The van der Waals surface area contributed by atoms with Gasteiger partial charge in [0, 0.05) is 31.9 Å². The first-order valence-corrected chi connectivity index (χ1v) is 11.1. The number of nitrogens with zero attached hydrogens (tertiary/aromatic N) is 3. The van der Waals surface area contributed by atoms with E-state index in [1.54, 1.807) is 15.6 Å². The van der Waals surface area contributed by atoms with E-state index in [9.17, 15) is 18.0 Å². The minimum absolute atomic E-state index is 0.0671. The maximum atomic E-state index is 13.2. The maximum Gasteiger partial charge on any atom is 0.416 e. The number of amides is 1. The van der Waals surface area contributed by atoms with Crippen molar-refractivity contribution in [2.75, 3.05) is 0 Å². The summed E-state index contributed by atoms with van der Waals surface area (Å²) >= 11 is 0. The van der Waals surface area contributed by atoms with Gasteiger partial charge in [-0.05, 0) is 40.5 Å². The number of carbonyl (C=O) groups excluding carboxylic acids is 1. The Kier molecular flexibility index (Phi) is 5.80. The number of halogens is 3. The van der Waals surface area contributed by atoms with Crippen molar-refractivity contribution in [3.8, 4) is 16.9 Å². The number of aryl methyl sites for hydroxylation is 1. The molecule has 0 radical (unpaired) electrons. The van der Waals surface area contributed by atoms with E-state index < -0.39 is 11.7 Å². The molecule has 1 aliphatic rings. The van der Waals surface area contributed by atoms with Crippen molar-refractivity contribution in [3.63, 3.8) is 0 Å². The van der Waals surface area contributed by atoms with Crippen molar-refractivity contribution in [2.24, 2.45) is 7.05 Å². The molecule has 1 aliphatic heterocycles. The number of carbonyl (C=O) groups is 1. The zero-order valence-electron chi connectivity index (χ0n) is 18.9.